The molecule has 1 heterocycles. The minimum absolute atomic E-state index is 0. The lowest BCUT2D eigenvalue weighted by atomic mass is 9.89. The average Bonchev–Trinajstić information content (AvgIpc) is 2.78. The van der Waals surface area contributed by atoms with Crippen molar-refractivity contribution in [2.45, 2.75) is 13.3 Å². The van der Waals surface area contributed by atoms with Crippen LogP contribution < -0.4 is 10.1 Å². The number of likely N-dealkylation sites (N-methyl/N-ethyl adjacent to an activating group) is 1. The number of hydrogen-bond donors (Lipinski definition) is 1. The highest BCUT2D eigenvalue weighted by Crippen LogP contribution is 2.25. The van der Waals surface area contributed by atoms with Crippen LogP contribution in [0.1, 0.15) is 13.3 Å². The van der Waals surface area contributed by atoms with Crippen LogP contribution in [0.25, 0.3) is 0 Å². The third kappa shape index (κ3) is 5.60. The van der Waals surface area contributed by atoms with Crippen LogP contribution in [0.3, 0.4) is 0 Å². The molecule has 20 heavy (non-hydrogen) atoms. The summed E-state index contributed by atoms with van der Waals surface area (Å²) < 4.78 is 6.83. The Kier molecular flexibility index (Phi) is 7.30. The molecule has 1 fully saturated rings. The largest absolute Gasteiger partial charge is 0.492 e. The van der Waals surface area contributed by atoms with Gasteiger partial charge in [0.2, 0.25) is 0 Å². The zero-order valence-electron chi connectivity index (χ0n) is 12.2. The highest BCUT2D eigenvalue weighted by Gasteiger charge is 2.29. The second-order valence-electron chi connectivity index (χ2n) is 5.78. The fourth-order valence-corrected chi connectivity index (χ4v) is 2.85. The Morgan fingerprint density at radius 2 is 2.05 bits per heavy atom. The summed E-state index contributed by atoms with van der Waals surface area (Å²) in [6.07, 6.45) is 1.27. The number of nitrogens with zero attached hydrogens (tertiary/aromatic N) is 1. The lowest BCUT2D eigenvalue weighted by Gasteiger charge is -2.29. The van der Waals surface area contributed by atoms with Crippen molar-refractivity contribution in [2.24, 2.45) is 5.41 Å². The summed E-state index contributed by atoms with van der Waals surface area (Å²) in [5, 5.41) is 3.44. The van der Waals surface area contributed by atoms with E-state index >= 15 is 0 Å². The van der Waals surface area contributed by atoms with E-state index in [9.17, 15) is 0 Å². The van der Waals surface area contributed by atoms with Gasteiger partial charge in [-0.15, -0.1) is 12.4 Å². The molecule has 1 aliphatic heterocycles. The van der Waals surface area contributed by atoms with Crippen molar-refractivity contribution >= 4 is 28.3 Å². The molecule has 3 nitrogen and oxygen atoms in total. The Labute approximate surface area is 136 Å². The quantitative estimate of drug-likeness (QED) is 0.840. The van der Waals surface area contributed by atoms with Crippen LogP contribution >= 0.6 is 28.3 Å². The van der Waals surface area contributed by atoms with Gasteiger partial charge in [0.1, 0.15) is 12.4 Å². The van der Waals surface area contributed by atoms with Crippen molar-refractivity contribution in [3.8, 4) is 5.75 Å². The van der Waals surface area contributed by atoms with Gasteiger partial charge in [-0.05, 0) is 49.7 Å². The van der Waals surface area contributed by atoms with E-state index in [1.807, 2.05) is 24.3 Å². The monoisotopic (exact) mass is 362 g/mol. The Morgan fingerprint density at radius 1 is 1.35 bits per heavy atom. The molecule has 0 amide bonds. The van der Waals surface area contributed by atoms with E-state index in [0.717, 1.165) is 43.0 Å². The van der Waals surface area contributed by atoms with Crippen LogP contribution in [-0.2, 0) is 0 Å². The van der Waals surface area contributed by atoms with E-state index in [0.29, 0.717) is 5.41 Å². The molecule has 1 aromatic rings. The van der Waals surface area contributed by atoms with E-state index in [1.54, 1.807) is 0 Å². The number of benzene rings is 1. The summed E-state index contributed by atoms with van der Waals surface area (Å²) >= 11 is 3.42. The third-order valence-corrected chi connectivity index (χ3v) is 4.19. The first-order valence-electron chi connectivity index (χ1n) is 6.85. The van der Waals surface area contributed by atoms with Gasteiger partial charge in [-0.2, -0.15) is 0 Å². The molecule has 1 atom stereocenters. The van der Waals surface area contributed by atoms with Crippen LogP contribution in [0, 0.1) is 5.41 Å². The molecule has 5 heteroatoms. The van der Waals surface area contributed by atoms with Gasteiger partial charge in [0.15, 0.2) is 0 Å². The lowest BCUT2D eigenvalue weighted by molar-refractivity contribution is 0.177. The lowest BCUT2D eigenvalue weighted by Crippen LogP contribution is -2.37. The number of nitrogens with one attached hydrogen (secondary N) is 1. The van der Waals surface area contributed by atoms with Gasteiger partial charge in [-0.25, -0.2) is 0 Å². The SMILES string of the molecule is CN(CCOc1ccc(Br)cc1)CC1(C)CCNC1.Cl. The molecule has 1 saturated heterocycles. The number of halogens is 2. The first kappa shape index (κ1) is 17.8. The first-order chi connectivity index (χ1) is 9.07. The Morgan fingerprint density at radius 3 is 2.65 bits per heavy atom. The maximum Gasteiger partial charge on any atom is 0.119 e. The standard InChI is InChI=1S/C15H23BrN2O.ClH/c1-15(7-8-17-11-15)12-18(2)9-10-19-14-5-3-13(16)4-6-14;/h3-6,17H,7-12H2,1-2H3;1H. The van der Waals surface area contributed by atoms with Crippen molar-refractivity contribution in [1.29, 1.82) is 0 Å². The summed E-state index contributed by atoms with van der Waals surface area (Å²) in [6, 6.07) is 7.99. The Bertz CT molecular complexity index is 393. The molecule has 0 bridgehead atoms. The van der Waals surface area contributed by atoms with Crippen molar-refractivity contribution < 1.29 is 4.74 Å². The maximum absolute atomic E-state index is 5.75. The average molecular weight is 364 g/mol. The van der Waals surface area contributed by atoms with E-state index < -0.39 is 0 Å². The van der Waals surface area contributed by atoms with Gasteiger partial charge in [-0.3, -0.25) is 0 Å². The molecule has 0 saturated carbocycles. The molecule has 1 aliphatic rings. The molecular formula is C15H24BrClN2O. The maximum atomic E-state index is 5.75. The predicted molar refractivity (Wildman–Crippen MR) is 90.0 cm³/mol. The van der Waals surface area contributed by atoms with Crippen molar-refractivity contribution in [2.75, 3.05) is 39.8 Å². The fourth-order valence-electron chi connectivity index (χ4n) is 2.58. The molecule has 1 N–H and O–H groups in total. The molecule has 0 aliphatic carbocycles. The normalized spacial score (nSPS) is 21.8. The molecule has 2 rings (SSSR count). The third-order valence-electron chi connectivity index (χ3n) is 3.66. The number of hydrogen-bond acceptors (Lipinski definition) is 3. The fraction of sp³-hybridized carbons (Fsp3) is 0.600. The summed E-state index contributed by atoms with van der Waals surface area (Å²) in [7, 11) is 2.18. The molecule has 114 valence electrons. The first-order valence-corrected chi connectivity index (χ1v) is 7.64. The zero-order valence-corrected chi connectivity index (χ0v) is 14.6. The van der Waals surface area contributed by atoms with E-state index in [1.165, 1.54) is 6.42 Å². The van der Waals surface area contributed by atoms with Crippen molar-refractivity contribution in [3.63, 3.8) is 0 Å². The van der Waals surface area contributed by atoms with Gasteiger partial charge >= 0.3 is 0 Å². The van der Waals surface area contributed by atoms with Crippen LogP contribution in [-0.4, -0.2) is 44.7 Å². The molecule has 0 spiro atoms. The molecule has 1 aromatic carbocycles. The van der Waals surface area contributed by atoms with Gasteiger partial charge < -0.3 is 15.0 Å². The number of rotatable bonds is 6. The van der Waals surface area contributed by atoms with Crippen LogP contribution in [0.2, 0.25) is 0 Å². The minimum Gasteiger partial charge on any atom is -0.492 e. The van der Waals surface area contributed by atoms with Crippen molar-refractivity contribution in [1.82, 2.24) is 10.2 Å². The summed E-state index contributed by atoms with van der Waals surface area (Å²) in [5.41, 5.74) is 0.423. The van der Waals surface area contributed by atoms with E-state index in [-0.39, 0.29) is 12.4 Å². The summed E-state index contributed by atoms with van der Waals surface area (Å²) in [4.78, 5) is 2.37. The van der Waals surface area contributed by atoms with Gasteiger partial charge in [0, 0.05) is 24.1 Å². The smallest absolute Gasteiger partial charge is 0.119 e. The van der Waals surface area contributed by atoms with Crippen LogP contribution in [0.5, 0.6) is 5.75 Å². The second-order valence-corrected chi connectivity index (χ2v) is 6.69. The van der Waals surface area contributed by atoms with Crippen LogP contribution in [0.4, 0.5) is 0 Å². The van der Waals surface area contributed by atoms with E-state index in [2.05, 4.69) is 40.1 Å². The molecule has 0 aromatic heterocycles. The molecule has 1 unspecified atom stereocenters. The topological polar surface area (TPSA) is 24.5 Å². The van der Waals surface area contributed by atoms with Gasteiger partial charge in [0.25, 0.3) is 0 Å². The Balaban J connectivity index is 0.00000200. The summed E-state index contributed by atoms with van der Waals surface area (Å²) in [5.74, 6) is 0.936. The van der Waals surface area contributed by atoms with Gasteiger partial charge in [-0.1, -0.05) is 22.9 Å². The van der Waals surface area contributed by atoms with E-state index in [4.69, 9.17) is 4.74 Å². The Hall–Kier alpha value is -0.290. The predicted octanol–water partition coefficient (Wildman–Crippen LogP) is 3.18. The number of ether oxygens (including phenoxy) is 1. The molecular weight excluding hydrogens is 340 g/mol. The summed E-state index contributed by atoms with van der Waals surface area (Å²) in [6.45, 7) is 7.47. The zero-order chi connectivity index (χ0) is 13.7. The van der Waals surface area contributed by atoms with Gasteiger partial charge in [0.05, 0.1) is 0 Å². The highest BCUT2D eigenvalue weighted by atomic mass is 79.9. The van der Waals surface area contributed by atoms with Crippen LogP contribution in [0.15, 0.2) is 28.7 Å². The second kappa shape index (κ2) is 8.23. The highest BCUT2D eigenvalue weighted by molar-refractivity contribution is 9.10. The minimum atomic E-state index is 0. The molecule has 0 radical (unpaired) electrons. The van der Waals surface area contributed by atoms with Crippen molar-refractivity contribution in [3.05, 3.63) is 28.7 Å².